The molecule has 2 aliphatic rings. The number of fused-ring (bicyclic) bond motifs is 1. The number of para-hydroxylation sites is 1. The summed E-state index contributed by atoms with van der Waals surface area (Å²) in [4.78, 5) is 16.5. The van der Waals surface area contributed by atoms with Crippen molar-refractivity contribution in [2.75, 3.05) is 18.5 Å². The number of amides is 2. The zero-order chi connectivity index (χ0) is 23.6. The molecule has 12 nitrogen and oxygen atoms in total. The van der Waals surface area contributed by atoms with Crippen LogP contribution in [-0.2, 0) is 9.47 Å². The minimum absolute atomic E-state index is 0.233. The van der Waals surface area contributed by atoms with Gasteiger partial charge < -0.3 is 29.4 Å². The standard InChI is InChI=1S/C23H22N8O4/c32-22(25-15-4-2-1-3-5-15)26-18-12-33-21-19(13-34-20(18)21)31-23(27-28-29-31)35-17-8-6-16(7-9-17)30-11-10-24-14-30/h1-11,14,18-21H,12-13H2,(H2,25,26,32). The number of hydrogen-bond acceptors (Lipinski definition) is 8. The summed E-state index contributed by atoms with van der Waals surface area (Å²) in [6.07, 6.45) is 4.65. The Hall–Kier alpha value is -4.29. The maximum atomic E-state index is 12.4. The Morgan fingerprint density at radius 1 is 1.03 bits per heavy atom. The second-order valence-electron chi connectivity index (χ2n) is 8.21. The van der Waals surface area contributed by atoms with Gasteiger partial charge in [0, 0.05) is 23.8 Å². The maximum Gasteiger partial charge on any atom is 0.341 e. The van der Waals surface area contributed by atoms with E-state index >= 15 is 0 Å². The van der Waals surface area contributed by atoms with Crippen molar-refractivity contribution in [3.63, 3.8) is 0 Å². The number of imidazole rings is 1. The normalized spacial score (nSPS) is 23.1. The number of carbonyl (C=O) groups excluding carboxylic acids is 1. The number of urea groups is 1. The van der Waals surface area contributed by atoms with Crippen LogP contribution < -0.4 is 15.4 Å². The summed E-state index contributed by atoms with van der Waals surface area (Å²) in [6.45, 7) is 0.650. The molecule has 2 aliphatic heterocycles. The number of benzene rings is 2. The summed E-state index contributed by atoms with van der Waals surface area (Å²) in [5.74, 6) is 0.588. The summed E-state index contributed by atoms with van der Waals surface area (Å²) in [5, 5.41) is 17.7. The molecule has 2 saturated heterocycles. The number of tetrazole rings is 1. The van der Waals surface area contributed by atoms with Crippen molar-refractivity contribution in [2.45, 2.75) is 24.3 Å². The summed E-state index contributed by atoms with van der Waals surface area (Å²) in [7, 11) is 0. The van der Waals surface area contributed by atoms with Crippen LogP contribution in [0.15, 0.2) is 73.3 Å². The third-order valence-corrected chi connectivity index (χ3v) is 6.00. The molecule has 2 aromatic heterocycles. The molecule has 4 unspecified atom stereocenters. The predicted octanol–water partition coefficient (Wildman–Crippen LogP) is 2.18. The fourth-order valence-corrected chi connectivity index (χ4v) is 4.33. The molecule has 0 bridgehead atoms. The molecule has 0 radical (unpaired) electrons. The number of hydrogen-bond donors (Lipinski definition) is 2. The molecule has 2 N–H and O–H groups in total. The van der Waals surface area contributed by atoms with Crippen LogP contribution in [0.1, 0.15) is 6.04 Å². The molecule has 0 aliphatic carbocycles. The number of aromatic nitrogens is 6. The minimum atomic E-state index is -0.327. The van der Waals surface area contributed by atoms with E-state index in [9.17, 15) is 4.79 Å². The lowest BCUT2D eigenvalue weighted by molar-refractivity contribution is 0.0613. The summed E-state index contributed by atoms with van der Waals surface area (Å²) >= 11 is 0. The first-order valence-electron chi connectivity index (χ1n) is 11.1. The van der Waals surface area contributed by atoms with Crippen LogP contribution in [0.25, 0.3) is 5.69 Å². The Morgan fingerprint density at radius 3 is 2.66 bits per heavy atom. The lowest BCUT2D eigenvalue weighted by Gasteiger charge is -2.18. The minimum Gasteiger partial charge on any atom is -0.423 e. The molecule has 2 amide bonds. The van der Waals surface area contributed by atoms with Crippen LogP contribution in [0.4, 0.5) is 10.5 Å². The van der Waals surface area contributed by atoms with E-state index in [4.69, 9.17) is 14.2 Å². The molecule has 35 heavy (non-hydrogen) atoms. The zero-order valence-electron chi connectivity index (χ0n) is 18.5. The Balaban J connectivity index is 1.10. The van der Waals surface area contributed by atoms with Gasteiger partial charge in [-0.1, -0.05) is 23.3 Å². The second kappa shape index (κ2) is 9.16. The molecular weight excluding hydrogens is 452 g/mol. The van der Waals surface area contributed by atoms with Crippen LogP contribution in [0, 0.1) is 0 Å². The van der Waals surface area contributed by atoms with E-state index < -0.39 is 0 Å². The Morgan fingerprint density at radius 2 is 1.86 bits per heavy atom. The average molecular weight is 474 g/mol. The highest BCUT2D eigenvalue weighted by Crippen LogP contribution is 2.36. The van der Waals surface area contributed by atoms with E-state index in [2.05, 4.69) is 31.1 Å². The first-order chi connectivity index (χ1) is 17.2. The van der Waals surface area contributed by atoms with Crippen molar-refractivity contribution in [2.24, 2.45) is 0 Å². The van der Waals surface area contributed by atoms with Crippen LogP contribution >= 0.6 is 0 Å². The molecule has 4 heterocycles. The highest BCUT2D eigenvalue weighted by molar-refractivity contribution is 5.89. The Kier molecular flexibility index (Phi) is 5.56. The highest BCUT2D eigenvalue weighted by atomic mass is 16.6. The highest BCUT2D eigenvalue weighted by Gasteiger charge is 2.50. The molecule has 2 fully saturated rings. The average Bonchev–Trinajstić information content (AvgIpc) is 3.67. The van der Waals surface area contributed by atoms with Gasteiger partial charge in [0.25, 0.3) is 0 Å². The molecule has 4 aromatic rings. The van der Waals surface area contributed by atoms with Gasteiger partial charge in [-0.2, -0.15) is 4.68 Å². The van der Waals surface area contributed by atoms with E-state index in [1.54, 1.807) is 17.2 Å². The largest absolute Gasteiger partial charge is 0.423 e. The smallest absolute Gasteiger partial charge is 0.341 e. The van der Waals surface area contributed by atoms with Gasteiger partial charge in [-0.15, -0.1) is 0 Å². The van der Waals surface area contributed by atoms with Crippen molar-refractivity contribution in [1.29, 1.82) is 0 Å². The lowest BCUT2D eigenvalue weighted by atomic mass is 10.1. The molecule has 2 aromatic carbocycles. The molecule has 6 rings (SSSR count). The van der Waals surface area contributed by atoms with E-state index in [1.165, 1.54) is 0 Å². The van der Waals surface area contributed by atoms with Gasteiger partial charge in [-0.05, 0) is 46.8 Å². The van der Waals surface area contributed by atoms with E-state index in [1.807, 2.05) is 65.4 Å². The molecular formula is C23H22N8O4. The fraction of sp³-hybridized carbons (Fsp3) is 0.261. The number of rotatable bonds is 6. The number of anilines is 1. The third kappa shape index (κ3) is 4.32. The molecule has 0 saturated carbocycles. The summed E-state index contributed by atoms with van der Waals surface area (Å²) < 4.78 is 21.4. The SMILES string of the molecule is O=C(Nc1ccccc1)NC1COC2C1OCC2n1nnnc1Oc1ccc(-n2ccnc2)cc1. The van der Waals surface area contributed by atoms with Gasteiger partial charge in [-0.3, -0.25) is 0 Å². The quantitative estimate of drug-likeness (QED) is 0.435. The monoisotopic (exact) mass is 474 g/mol. The lowest BCUT2D eigenvalue weighted by Crippen LogP contribution is -2.45. The summed E-state index contributed by atoms with van der Waals surface area (Å²) in [5.41, 5.74) is 1.66. The number of nitrogens with one attached hydrogen (secondary N) is 2. The van der Waals surface area contributed by atoms with Gasteiger partial charge >= 0.3 is 12.0 Å². The van der Waals surface area contributed by atoms with Crippen molar-refractivity contribution in [3.8, 4) is 17.4 Å². The third-order valence-electron chi connectivity index (χ3n) is 6.00. The maximum absolute atomic E-state index is 12.4. The number of ether oxygens (including phenoxy) is 3. The van der Waals surface area contributed by atoms with Crippen LogP contribution in [0.2, 0.25) is 0 Å². The van der Waals surface area contributed by atoms with Gasteiger partial charge in [-0.25, -0.2) is 9.78 Å². The Labute approximate surface area is 199 Å². The molecule has 178 valence electrons. The Bertz CT molecular complexity index is 1280. The number of carbonyl (C=O) groups is 1. The number of nitrogens with zero attached hydrogens (tertiary/aromatic N) is 6. The van der Waals surface area contributed by atoms with Crippen molar-refractivity contribution in [3.05, 3.63) is 73.3 Å². The molecule has 4 atom stereocenters. The first-order valence-corrected chi connectivity index (χ1v) is 11.1. The molecule has 12 heteroatoms. The van der Waals surface area contributed by atoms with Crippen LogP contribution in [-0.4, -0.2) is 67.3 Å². The van der Waals surface area contributed by atoms with E-state index in [-0.39, 0.29) is 36.3 Å². The van der Waals surface area contributed by atoms with Crippen molar-refractivity contribution >= 4 is 11.7 Å². The summed E-state index contributed by atoms with van der Waals surface area (Å²) in [6, 6.07) is 16.1. The second-order valence-corrected chi connectivity index (χ2v) is 8.21. The topological polar surface area (TPSA) is 130 Å². The van der Waals surface area contributed by atoms with Gasteiger partial charge in [0.05, 0.1) is 25.6 Å². The fourth-order valence-electron chi connectivity index (χ4n) is 4.33. The predicted molar refractivity (Wildman–Crippen MR) is 122 cm³/mol. The molecule has 0 spiro atoms. The van der Waals surface area contributed by atoms with Gasteiger partial charge in [0.2, 0.25) is 0 Å². The van der Waals surface area contributed by atoms with Crippen LogP contribution in [0.5, 0.6) is 11.8 Å². The van der Waals surface area contributed by atoms with Crippen LogP contribution in [0.3, 0.4) is 0 Å². The van der Waals surface area contributed by atoms with E-state index in [0.29, 0.717) is 24.7 Å². The van der Waals surface area contributed by atoms with Gasteiger partial charge in [0.1, 0.15) is 24.0 Å². The van der Waals surface area contributed by atoms with Crippen molar-refractivity contribution in [1.82, 2.24) is 35.1 Å². The van der Waals surface area contributed by atoms with Crippen molar-refractivity contribution < 1.29 is 19.0 Å². The van der Waals surface area contributed by atoms with Gasteiger partial charge in [0.15, 0.2) is 0 Å². The van der Waals surface area contributed by atoms with E-state index in [0.717, 1.165) is 5.69 Å². The first kappa shape index (κ1) is 21.3. The zero-order valence-corrected chi connectivity index (χ0v) is 18.5.